The highest BCUT2D eigenvalue weighted by Crippen LogP contribution is 2.59. The first-order chi connectivity index (χ1) is 16.3. The molecule has 35 heavy (non-hydrogen) atoms. The van der Waals surface area contributed by atoms with Crippen molar-refractivity contribution in [3.8, 4) is 0 Å². The molecule has 2 aliphatic rings. The summed E-state index contributed by atoms with van der Waals surface area (Å²) in [5, 5.41) is 36.3. The SMILES string of the molecule is COC(=O)[C@H](CO)NC(=O)[C@]1(C)CCC[C@]2(C)c3cc([N+](=O)[O-])c(C(C)C)c([N+](=O)[O-])c3CC[C@@H]12. The summed E-state index contributed by atoms with van der Waals surface area (Å²) in [4.78, 5) is 48.5. The predicted molar refractivity (Wildman–Crippen MR) is 126 cm³/mol. The molecule has 1 aromatic rings. The number of nitro groups is 2. The van der Waals surface area contributed by atoms with E-state index in [4.69, 9.17) is 0 Å². The van der Waals surface area contributed by atoms with Crippen molar-refractivity contribution < 1.29 is 29.3 Å². The van der Waals surface area contributed by atoms with Crippen LogP contribution in [-0.4, -0.2) is 46.6 Å². The molecular weight excluding hydrogens is 458 g/mol. The third kappa shape index (κ3) is 4.26. The van der Waals surface area contributed by atoms with Crippen molar-refractivity contribution in [1.82, 2.24) is 5.32 Å². The van der Waals surface area contributed by atoms with Crippen LogP contribution in [0.25, 0.3) is 0 Å². The zero-order valence-electron chi connectivity index (χ0n) is 20.8. The van der Waals surface area contributed by atoms with Crippen LogP contribution in [0.3, 0.4) is 0 Å². The Morgan fingerprint density at radius 3 is 2.40 bits per heavy atom. The number of carbonyl (C=O) groups excluding carboxylic acids is 2. The number of benzene rings is 1. The van der Waals surface area contributed by atoms with Crippen molar-refractivity contribution in [1.29, 1.82) is 0 Å². The lowest BCUT2D eigenvalue weighted by Crippen LogP contribution is -2.58. The van der Waals surface area contributed by atoms with E-state index >= 15 is 0 Å². The molecule has 0 bridgehead atoms. The number of methoxy groups -OCH3 is 1. The number of fused-ring (bicyclic) bond motifs is 3. The number of nitro benzene ring substituents is 2. The van der Waals surface area contributed by atoms with Crippen molar-refractivity contribution >= 4 is 23.3 Å². The second-order valence-corrected chi connectivity index (χ2v) is 10.4. The molecule has 2 N–H and O–H groups in total. The molecule has 1 saturated carbocycles. The van der Waals surface area contributed by atoms with Gasteiger partial charge in [0.05, 0.1) is 29.0 Å². The number of rotatable bonds is 7. The number of nitrogens with one attached hydrogen (secondary N) is 1. The van der Waals surface area contributed by atoms with E-state index in [-0.39, 0.29) is 22.9 Å². The van der Waals surface area contributed by atoms with Gasteiger partial charge < -0.3 is 15.2 Å². The first-order valence-electron chi connectivity index (χ1n) is 11.8. The predicted octanol–water partition coefficient (Wildman–Crippen LogP) is 3.29. The first kappa shape index (κ1) is 26.5. The van der Waals surface area contributed by atoms with Gasteiger partial charge in [-0.2, -0.15) is 0 Å². The summed E-state index contributed by atoms with van der Waals surface area (Å²) in [5.74, 6) is -1.87. The van der Waals surface area contributed by atoms with Crippen LogP contribution in [0, 0.1) is 31.6 Å². The van der Waals surface area contributed by atoms with Crippen LogP contribution in [0.5, 0.6) is 0 Å². The molecule has 11 nitrogen and oxygen atoms in total. The molecular formula is C24H33N3O8. The maximum atomic E-state index is 13.5. The monoisotopic (exact) mass is 491 g/mol. The molecule has 0 unspecified atom stereocenters. The lowest BCUT2D eigenvalue weighted by atomic mass is 9.49. The second kappa shape index (κ2) is 9.52. The largest absolute Gasteiger partial charge is 0.467 e. The van der Waals surface area contributed by atoms with E-state index < -0.39 is 51.1 Å². The highest BCUT2D eigenvalue weighted by atomic mass is 16.6. The molecule has 4 atom stereocenters. The Morgan fingerprint density at radius 1 is 1.23 bits per heavy atom. The fourth-order valence-corrected chi connectivity index (χ4v) is 6.44. The lowest BCUT2D eigenvalue weighted by molar-refractivity contribution is -0.396. The summed E-state index contributed by atoms with van der Waals surface area (Å²) in [6.45, 7) is 6.51. The maximum Gasteiger partial charge on any atom is 0.330 e. The van der Waals surface area contributed by atoms with Crippen molar-refractivity contribution in [2.24, 2.45) is 11.3 Å². The molecule has 0 aliphatic heterocycles. The fraction of sp³-hybridized carbons (Fsp3) is 0.667. The summed E-state index contributed by atoms with van der Waals surface area (Å²) >= 11 is 0. The minimum absolute atomic E-state index is 0.126. The zero-order chi connectivity index (χ0) is 26.3. The Hall–Kier alpha value is -3.08. The first-order valence-corrected chi connectivity index (χ1v) is 11.8. The van der Waals surface area contributed by atoms with E-state index in [0.717, 1.165) is 0 Å². The Morgan fingerprint density at radius 2 is 1.89 bits per heavy atom. The number of aliphatic hydroxyl groups excluding tert-OH is 1. The molecule has 11 heteroatoms. The van der Waals surface area contributed by atoms with Crippen molar-refractivity contribution in [3.63, 3.8) is 0 Å². The molecule has 1 amide bonds. The Bertz CT molecular complexity index is 1070. The van der Waals surface area contributed by atoms with Gasteiger partial charge in [-0.25, -0.2) is 4.79 Å². The second-order valence-electron chi connectivity index (χ2n) is 10.4. The molecule has 0 radical (unpaired) electrons. The van der Waals surface area contributed by atoms with E-state index in [2.05, 4.69) is 10.1 Å². The van der Waals surface area contributed by atoms with Crippen LogP contribution in [0.1, 0.15) is 76.0 Å². The molecule has 1 fully saturated rings. The van der Waals surface area contributed by atoms with E-state index in [9.17, 15) is 34.9 Å². The smallest absolute Gasteiger partial charge is 0.330 e. The number of amides is 1. The van der Waals surface area contributed by atoms with E-state index in [1.54, 1.807) is 20.8 Å². The number of ether oxygens (including phenoxy) is 1. The molecule has 0 aromatic heterocycles. The van der Waals surface area contributed by atoms with Crippen molar-refractivity contribution in [2.45, 2.75) is 77.2 Å². The average molecular weight is 492 g/mol. The van der Waals surface area contributed by atoms with Crippen LogP contribution in [0.4, 0.5) is 11.4 Å². The van der Waals surface area contributed by atoms with Gasteiger partial charge in [0.15, 0.2) is 6.04 Å². The average Bonchev–Trinajstić information content (AvgIpc) is 2.80. The molecule has 0 saturated heterocycles. The third-order valence-electron chi connectivity index (χ3n) is 8.10. The van der Waals surface area contributed by atoms with Gasteiger partial charge in [-0.1, -0.05) is 34.1 Å². The van der Waals surface area contributed by atoms with Gasteiger partial charge in [0.25, 0.3) is 11.4 Å². The highest BCUT2D eigenvalue weighted by molar-refractivity contribution is 5.88. The van der Waals surface area contributed by atoms with Crippen molar-refractivity contribution in [3.05, 3.63) is 43.0 Å². The van der Waals surface area contributed by atoms with E-state index in [1.807, 2.05) is 6.92 Å². The Labute approximate surface area is 203 Å². The molecule has 0 spiro atoms. The van der Waals surface area contributed by atoms with Gasteiger partial charge >= 0.3 is 5.97 Å². The number of aliphatic hydroxyl groups is 1. The van der Waals surface area contributed by atoms with Gasteiger partial charge in [0, 0.05) is 11.6 Å². The summed E-state index contributed by atoms with van der Waals surface area (Å²) in [6.07, 6.45) is 2.54. The highest BCUT2D eigenvalue weighted by Gasteiger charge is 2.57. The Kier molecular flexibility index (Phi) is 7.21. The summed E-state index contributed by atoms with van der Waals surface area (Å²) < 4.78 is 4.66. The minimum atomic E-state index is -1.20. The third-order valence-corrected chi connectivity index (χ3v) is 8.10. The van der Waals surface area contributed by atoms with Crippen LogP contribution >= 0.6 is 0 Å². The molecule has 2 aliphatic carbocycles. The number of nitrogens with zero attached hydrogens (tertiary/aromatic N) is 2. The topological polar surface area (TPSA) is 162 Å². The van der Waals surface area contributed by atoms with Crippen LogP contribution in [0.15, 0.2) is 6.07 Å². The minimum Gasteiger partial charge on any atom is -0.467 e. The standard InChI is InChI=1S/C24H33N3O8/c1-13(2)19-17(26(31)32)11-15-14(20(19)27(33)34)7-8-18-23(15,3)9-6-10-24(18,4)22(30)25-16(12-28)21(29)35-5/h11,13,16,18,28H,6-10,12H2,1-5H3,(H,25,30)/t16-,18+,23+,24+/m0/s1. The van der Waals surface area contributed by atoms with Crippen LogP contribution < -0.4 is 5.32 Å². The molecule has 0 heterocycles. The molecule has 3 rings (SSSR count). The number of hydrogen-bond acceptors (Lipinski definition) is 8. The van der Waals surface area contributed by atoms with E-state index in [0.29, 0.717) is 43.2 Å². The molecule has 192 valence electrons. The lowest BCUT2D eigenvalue weighted by Gasteiger charge is -2.54. The van der Waals surface area contributed by atoms with Gasteiger partial charge in [-0.15, -0.1) is 0 Å². The Balaban J connectivity index is 2.15. The molecule has 1 aromatic carbocycles. The number of hydrogen-bond donors (Lipinski definition) is 2. The van der Waals surface area contributed by atoms with Gasteiger partial charge in [-0.3, -0.25) is 25.0 Å². The zero-order valence-corrected chi connectivity index (χ0v) is 20.8. The number of esters is 1. The van der Waals surface area contributed by atoms with Gasteiger partial charge in [0.1, 0.15) is 5.56 Å². The van der Waals surface area contributed by atoms with Crippen LogP contribution in [0.2, 0.25) is 0 Å². The van der Waals surface area contributed by atoms with Crippen molar-refractivity contribution in [2.75, 3.05) is 13.7 Å². The maximum absolute atomic E-state index is 13.5. The van der Waals surface area contributed by atoms with Gasteiger partial charge in [-0.05, 0) is 48.5 Å². The normalized spacial score (nSPS) is 26.3. The fourth-order valence-electron chi connectivity index (χ4n) is 6.44. The summed E-state index contributed by atoms with van der Waals surface area (Å²) in [6, 6.07) is 0.280. The van der Waals surface area contributed by atoms with E-state index in [1.165, 1.54) is 13.2 Å². The summed E-state index contributed by atoms with van der Waals surface area (Å²) in [5.41, 5.74) is -0.935. The quantitative estimate of drug-likeness (QED) is 0.333. The van der Waals surface area contributed by atoms with Crippen LogP contribution in [-0.2, 0) is 26.2 Å². The van der Waals surface area contributed by atoms with Gasteiger partial charge in [0.2, 0.25) is 5.91 Å². The number of carbonyl (C=O) groups is 2. The summed E-state index contributed by atoms with van der Waals surface area (Å²) in [7, 11) is 1.17.